The summed E-state index contributed by atoms with van der Waals surface area (Å²) in [4.78, 5) is 13.7. The largest absolute Gasteiger partial charge is 0.427 e. The highest BCUT2D eigenvalue weighted by Gasteiger charge is 2.04. The van der Waals surface area contributed by atoms with Crippen LogP contribution in [0.3, 0.4) is 0 Å². The lowest BCUT2D eigenvalue weighted by atomic mass is 10.2. The van der Waals surface area contributed by atoms with E-state index < -0.39 is 0 Å². The molecule has 0 fully saturated rings. The molecule has 0 atom stereocenters. The number of carbonyl (C=O) groups is 1. The van der Waals surface area contributed by atoms with Crippen molar-refractivity contribution in [2.24, 2.45) is 20.5 Å². The molecule has 0 aliphatic heterocycles. The Morgan fingerprint density at radius 1 is 0.794 bits per heavy atom. The van der Waals surface area contributed by atoms with Crippen molar-refractivity contribution in [1.29, 1.82) is 0 Å². The van der Waals surface area contributed by atoms with Gasteiger partial charge in [0.25, 0.3) is 0 Å². The van der Waals surface area contributed by atoms with Gasteiger partial charge < -0.3 is 14.7 Å². The normalized spacial score (nSPS) is 11.3. The lowest BCUT2D eigenvalue weighted by Crippen LogP contribution is -2.20. The molecule has 3 aromatic carbocycles. The minimum absolute atomic E-state index is 0.107. The highest BCUT2D eigenvalue weighted by atomic mass is 16.5. The number of esters is 1. The highest BCUT2D eigenvalue weighted by Crippen LogP contribution is 2.25. The van der Waals surface area contributed by atoms with Crippen LogP contribution in [0.25, 0.3) is 0 Å². The van der Waals surface area contributed by atoms with E-state index >= 15 is 0 Å². The molecule has 0 saturated heterocycles. The molecule has 0 bridgehead atoms. The minimum atomic E-state index is -0.226. The number of aliphatic hydroxyl groups excluding tert-OH is 1. The van der Waals surface area contributed by atoms with Crippen LogP contribution in [0.5, 0.6) is 5.75 Å². The summed E-state index contributed by atoms with van der Waals surface area (Å²) >= 11 is 0. The molecule has 8 nitrogen and oxygen atoms in total. The zero-order chi connectivity index (χ0) is 24.2. The first kappa shape index (κ1) is 24.7. The van der Waals surface area contributed by atoms with Crippen LogP contribution in [0.2, 0.25) is 0 Å². The molecular formula is C26H29N5O3. The minimum Gasteiger partial charge on any atom is -0.427 e. The molecule has 0 saturated carbocycles. The first-order chi connectivity index (χ1) is 16.6. The van der Waals surface area contributed by atoms with Gasteiger partial charge >= 0.3 is 5.97 Å². The predicted molar refractivity (Wildman–Crippen MR) is 133 cm³/mol. The molecule has 3 rings (SSSR count). The molecule has 0 amide bonds. The quantitative estimate of drug-likeness (QED) is 0.189. The van der Waals surface area contributed by atoms with Crippen LogP contribution in [0.4, 0.5) is 28.4 Å². The van der Waals surface area contributed by atoms with E-state index in [1.165, 1.54) is 0 Å². The van der Waals surface area contributed by atoms with Crippen molar-refractivity contribution >= 4 is 34.4 Å². The second-order valence-corrected chi connectivity index (χ2v) is 7.65. The van der Waals surface area contributed by atoms with E-state index in [0.29, 0.717) is 35.8 Å². The molecule has 34 heavy (non-hydrogen) atoms. The van der Waals surface area contributed by atoms with Gasteiger partial charge in [-0.3, -0.25) is 4.79 Å². The summed E-state index contributed by atoms with van der Waals surface area (Å²) in [5, 5.41) is 26.0. The number of hydrogen-bond donors (Lipinski definition) is 1. The lowest BCUT2D eigenvalue weighted by Gasteiger charge is -2.17. The fraction of sp³-hybridized carbons (Fsp3) is 0.269. The third-order valence-corrected chi connectivity index (χ3v) is 4.94. The summed E-state index contributed by atoms with van der Waals surface area (Å²) < 4.78 is 5.29. The van der Waals surface area contributed by atoms with Crippen LogP contribution in [0.1, 0.15) is 26.2 Å². The van der Waals surface area contributed by atoms with Gasteiger partial charge in [0.1, 0.15) is 5.75 Å². The van der Waals surface area contributed by atoms with Crippen molar-refractivity contribution in [3.05, 3.63) is 72.8 Å². The molecule has 0 radical (unpaired) electrons. The summed E-state index contributed by atoms with van der Waals surface area (Å²) in [5.74, 6) is 0.276. The molecule has 1 N–H and O–H groups in total. The van der Waals surface area contributed by atoms with E-state index in [2.05, 4.69) is 20.5 Å². The molecular weight excluding hydrogens is 430 g/mol. The summed E-state index contributed by atoms with van der Waals surface area (Å²) in [7, 11) is 1.92. The average molecular weight is 460 g/mol. The topological polar surface area (TPSA) is 99.2 Å². The summed E-state index contributed by atoms with van der Waals surface area (Å²) in [6, 6.07) is 21.8. The number of rotatable bonds is 11. The highest BCUT2D eigenvalue weighted by molar-refractivity contribution is 5.72. The molecule has 0 heterocycles. The van der Waals surface area contributed by atoms with E-state index in [4.69, 9.17) is 9.84 Å². The first-order valence-corrected chi connectivity index (χ1v) is 11.2. The monoisotopic (exact) mass is 459 g/mol. The van der Waals surface area contributed by atoms with Gasteiger partial charge in [-0.1, -0.05) is 13.3 Å². The number of hydrogen-bond acceptors (Lipinski definition) is 8. The molecule has 0 aliphatic rings. The molecule has 0 aliphatic carbocycles. The van der Waals surface area contributed by atoms with Crippen LogP contribution < -0.4 is 9.64 Å². The number of azo groups is 2. The Morgan fingerprint density at radius 2 is 1.24 bits per heavy atom. The van der Waals surface area contributed by atoms with Crippen molar-refractivity contribution in [1.82, 2.24) is 0 Å². The summed E-state index contributed by atoms with van der Waals surface area (Å²) in [5.41, 5.74) is 3.79. The molecule has 0 spiro atoms. The number of aliphatic hydroxyl groups is 1. The van der Waals surface area contributed by atoms with Gasteiger partial charge in [-0.25, -0.2) is 0 Å². The number of unbranched alkanes of at least 4 members (excludes halogenated alkanes) is 1. The van der Waals surface area contributed by atoms with E-state index in [1.807, 2.05) is 67.4 Å². The number of anilines is 1. The summed E-state index contributed by atoms with van der Waals surface area (Å²) in [6.45, 7) is 2.71. The first-order valence-electron chi connectivity index (χ1n) is 11.2. The Labute approximate surface area is 199 Å². The molecule has 3 aromatic rings. The van der Waals surface area contributed by atoms with Gasteiger partial charge in [0.05, 0.1) is 29.4 Å². The fourth-order valence-corrected chi connectivity index (χ4v) is 2.95. The SMILES string of the molecule is CCCCC(=O)Oc1ccc(N=Nc2ccc(N=Nc3ccc(N(C)CCO)cc3)cc2)cc1. The Morgan fingerprint density at radius 3 is 1.68 bits per heavy atom. The van der Waals surface area contributed by atoms with Gasteiger partial charge in [-0.05, 0) is 79.2 Å². The Hall–Kier alpha value is -3.91. The van der Waals surface area contributed by atoms with Crippen molar-refractivity contribution in [3.8, 4) is 5.75 Å². The maximum Gasteiger partial charge on any atom is 0.311 e. The lowest BCUT2D eigenvalue weighted by molar-refractivity contribution is -0.134. The van der Waals surface area contributed by atoms with Crippen molar-refractivity contribution in [2.75, 3.05) is 25.1 Å². The van der Waals surface area contributed by atoms with E-state index in [9.17, 15) is 4.79 Å². The van der Waals surface area contributed by atoms with Crippen LogP contribution in [0, 0.1) is 0 Å². The number of likely N-dealkylation sites (N-methyl/N-ethyl adjacent to an activating group) is 1. The van der Waals surface area contributed by atoms with Crippen molar-refractivity contribution in [2.45, 2.75) is 26.2 Å². The van der Waals surface area contributed by atoms with Crippen LogP contribution in [-0.2, 0) is 4.79 Å². The van der Waals surface area contributed by atoms with Gasteiger partial charge in [0.2, 0.25) is 0 Å². The summed E-state index contributed by atoms with van der Waals surface area (Å²) in [6.07, 6.45) is 2.20. The number of ether oxygens (including phenoxy) is 1. The Kier molecular flexibility index (Phi) is 9.42. The zero-order valence-corrected chi connectivity index (χ0v) is 19.5. The van der Waals surface area contributed by atoms with Gasteiger partial charge in [0.15, 0.2) is 0 Å². The van der Waals surface area contributed by atoms with Gasteiger partial charge in [0, 0.05) is 25.7 Å². The average Bonchev–Trinajstić information content (AvgIpc) is 2.87. The maximum atomic E-state index is 11.7. The van der Waals surface area contributed by atoms with E-state index in [-0.39, 0.29) is 12.6 Å². The fourth-order valence-electron chi connectivity index (χ4n) is 2.95. The number of benzene rings is 3. The number of nitrogens with zero attached hydrogens (tertiary/aromatic N) is 5. The Balaban J connectivity index is 1.53. The van der Waals surface area contributed by atoms with Crippen molar-refractivity contribution < 1.29 is 14.6 Å². The van der Waals surface area contributed by atoms with E-state index in [1.54, 1.807) is 24.3 Å². The Bertz CT molecular complexity index is 1090. The second-order valence-electron chi connectivity index (χ2n) is 7.65. The van der Waals surface area contributed by atoms with Crippen LogP contribution >= 0.6 is 0 Å². The van der Waals surface area contributed by atoms with E-state index in [0.717, 1.165) is 24.2 Å². The standard InChI is InChI=1S/C26H29N5O3/c1-3-4-5-26(33)34-25-16-12-23(13-17-25)30-28-21-8-6-20(7-9-21)27-29-22-10-14-24(15-11-22)31(2)18-19-32/h6-17,32H,3-5,18-19H2,1-2H3. The molecule has 8 heteroatoms. The van der Waals surface area contributed by atoms with Gasteiger partial charge in [-0.15, -0.1) is 0 Å². The predicted octanol–water partition coefficient (Wildman–Crippen LogP) is 7.04. The third-order valence-electron chi connectivity index (χ3n) is 4.94. The van der Waals surface area contributed by atoms with Crippen molar-refractivity contribution in [3.63, 3.8) is 0 Å². The number of carbonyl (C=O) groups excluding carboxylic acids is 1. The molecule has 0 aromatic heterocycles. The van der Waals surface area contributed by atoms with Crippen LogP contribution in [0.15, 0.2) is 93.3 Å². The third kappa shape index (κ3) is 7.90. The molecule has 176 valence electrons. The second kappa shape index (κ2) is 13.0. The van der Waals surface area contributed by atoms with Gasteiger partial charge in [-0.2, -0.15) is 20.5 Å². The molecule has 0 unspecified atom stereocenters. The van der Waals surface area contributed by atoms with Crippen LogP contribution in [-0.4, -0.2) is 31.3 Å². The maximum absolute atomic E-state index is 11.7. The zero-order valence-electron chi connectivity index (χ0n) is 19.5. The smallest absolute Gasteiger partial charge is 0.311 e.